The summed E-state index contributed by atoms with van der Waals surface area (Å²) in [6.07, 6.45) is 1.96. The zero-order valence-electron chi connectivity index (χ0n) is 17.0. The second-order valence-electron chi connectivity index (χ2n) is 7.84. The molecule has 1 unspecified atom stereocenters. The molecule has 1 atom stereocenters. The normalized spacial score (nSPS) is 15.8. The molecule has 1 amide bonds. The van der Waals surface area contributed by atoms with E-state index in [-0.39, 0.29) is 18.1 Å². The molecule has 1 aliphatic rings. The summed E-state index contributed by atoms with van der Waals surface area (Å²) in [5.74, 6) is -0.0582. The molecule has 1 saturated heterocycles. The van der Waals surface area contributed by atoms with Gasteiger partial charge in [-0.1, -0.05) is 36.4 Å². The van der Waals surface area contributed by atoms with Gasteiger partial charge in [-0.25, -0.2) is 0 Å². The third-order valence-corrected chi connectivity index (χ3v) is 5.76. The number of benzene rings is 2. The Kier molecular flexibility index (Phi) is 6.17. The van der Waals surface area contributed by atoms with Gasteiger partial charge >= 0.3 is 0 Å². The Balaban J connectivity index is 1.94. The third-order valence-electron chi connectivity index (χ3n) is 5.76. The highest BCUT2D eigenvalue weighted by Gasteiger charge is 2.39. The number of anilines is 1. The van der Waals surface area contributed by atoms with E-state index in [0.29, 0.717) is 30.9 Å². The van der Waals surface area contributed by atoms with Gasteiger partial charge in [0.25, 0.3) is 5.69 Å². The Labute approximate surface area is 171 Å². The van der Waals surface area contributed by atoms with Crippen LogP contribution in [0.1, 0.15) is 30.9 Å². The summed E-state index contributed by atoms with van der Waals surface area (Å²) in [5.41, 5.74) is 7.16. The first-order chi connectivity index (χ1) is 13.9. The molecule has 2 aromatic carbocycles. The molecule has 2 aromatic rings. The van der Waals surface area contributed by atoms with Gasteiger partial charge < -0.3 is 15.5 Å². The van der Waals surface area contributed by atoms with Crippen LogP contribution in [0.2, 0.25) is 0 Å². The molecular weight excluding hydrogens is 368 g/mol. The summed E-state index contributed by atoms with van der Waals surface area (Å²) < 4.78 is 0. The number of carbonyl (C=O) groups is 1. The van der Waals surface area contributed by atoms with Gasteiger partial charge in [0.15, 0.2) is 0 Å². The largest absolute Gasteiger partial charge is 0.365 e. The number of likely N-dealkylation sites (tertiary alicyclic amines) is 1. The maximum absolute atomic E-state index is 13.1. The van der Waals surface area contributed by atoms with E-state index in [1.807, 2.05) is 47.2 Å². The Morgan fingerprint density at radius 2 is 1.86 bits per heavy atom. The number of nitro benzene ring substituents is 1. The maximum Gasteiger partial charge on any atom is 0.292 e. The SMILES string of the molecule is CN(Cc1ccccc1)c1ccc(C(C)(CN)C(=O)N2CCCC2)cc1[N+](=O)[O-]. The zero-order chi connectivity index (χ0) is 21.0. The second kappa shape index (κ2) is 8.61. The Morgan fingerprint density at radius 3 is 2.45 bits per heavy atom. The lowest BCUT2D eigenvalue weighted by atomic mass is 9.80. The number of nitro groups is 1. The van der Waals surface area contributed by atoms with Crippen molar-refractivity contribution in [2.75, 3.05) is 31.6 Å². The van der Waals surface area contributed by atoms with Gasteiger partial charge in [0, 0.05) is 39.3 Å². The van der Waals surface area contributed by atoms with Crippen molar-refractivity contribution in [3.8, 4) is 0 Å². The van der Waals surface area contributed by atoms with Crippen LogP contribution in [0.5, 0.6) is 0 Å². The monoisotopic (exact) mass is 396 g/mol. The minimum absolute atomic E-state index is 0.0187. The summed E-state index contributed by atoms with van der Waals surface area (Å²) in [6.45, 7) is 3.85. The zero-order valence-corrected chi connectivity index (χ0v) is 17.0. The molecule has 0 radical (unpaired) electrons. The first kappa shape index (κ1) is 20.8. The number of rotatable bonds is 7. The Morgan fingerprint density at radius 1 is 1.21 bits per heavy atom. The highest BCUT2D eigenvalue weighted by molar-refractivity contribution is 5.89. The van der Waals surface area contributed by atoms with Crippen molar-refractivity contribution in [3.05, 3.63) is 69.8 Å². The fourth-order valence-corrected chi connectivity index (χ4v) is 3.88. The second-order valence-corrected chi connectivity index (χ2v) is 7.84. The number of hydrogen-bond acceptors (Lipinski definition) is 5. The van der Waals surface area contributed by atoms with Gasteiger partial charge in [-0.3, -0.25) is 14.9 Å². The van der Waals surface area contributed by atoms with Crippen LogP contribution in [0.15, 0.2) is 48.5 Å². The third kappa shape index (κ3) is 4.24. The maximum atomic E-state index is 13.1. The highest BCUT2D eigenvalue weighted by Crippen LogP contribution is 2.35. The van der Waals surface area contributed by atoms with Gasteiger partial charge in [-0.15, -0.1) is 0 Å². The first-order valence-corrected chi connectivity index (χ1v) is 9.90. The average molecular weight is 396 g/mol. The van der Waals surface area contributed by atoms with Crippen molar-refractivity contribution in [1.29, 1.82) is 0 Å². The molecule has 1 aliphatic heterocycles. The van der Waals surface area contributed by atoms with Gasteiger partial charge in [0.05, 0.1) is 10.3 Å². The van der Waals surface area contributed by atoms with Crippen molar-refractivity contribution in [2.24, 2.45) is 5.73 Å². The molecule has 0 spiro atoms. The fourth-order valence-electron chi connectivity index (χ4n) is 3.88. The van der Waals surface area contributed by atoms with Crippen molar-refractivity contribution in [3.63, 3.8) is 0 Å². The van der Waals surface area contributed by atoms with E-state index < -0.39 is 10.3 Å². The molecule has 3 rings (SSSR count). The van der Waals surface area contributed by atoms with E-state index in [1.165, 1.54) is 6.07 Å². The van der Waals surface area contributed by atoms with Crippen molar-refractivity contribution < 1.29 is 9.72 Å². The molecule has 29 heavy (non-hydrogen) atoms. The minimum Gasteiger partial charge on any atom is -0.365 e. The molecule has 2 N–H and O–H groups in total. The molecular formula is C22H28N4O3. The standard InChI is InChI=1S/C22H28N4O3/c1-22(16-23,21(27)25-12-6-7-13-25)18-10-11-19(20(14-18)26(28)29)24(2)15-17-8-4-3-5-9-17/h3-5,8-11,14H,6-7,12-13,15-16,23H2,1-2H3. The molecule has 0 saturated carbocycles. The minimum atomic E-state index is -0.981. The fraction of sp³-hybridized carbons (Fsp3) is 0.409. The van der Waals surface area contributed by atoms with Gasteiger partial charge in [-0.2, -0.15) is 0 Å². The molecule has 0 bridgehead atoms. The van der Waals surface area contributed by atoms with Gasteiger partial charge in [-0.05, 0) is 37.0 Å². The van der Waals surface area contributed by atoms with Crippen molar-refractivity contribution in [2.45, 2.75) is 31.7 Å². The van der Waals surface area contributed by atoms with Crippen LogP contribution in [0, 0.1) is 10.1 Å². The molecule has 1 heterocycles. The van der Waals surface area contributed by atoms with E-state index in [9.17, 15) is 14.9 Å². The van der Waals surface area contributed by atoms with E-state index in [4.69, 9.17) is 5.73 Å². The molecule has 7 nitrogen and oxygen atoms in total. The number of amides is 1. The number of hydrogen-bond donors (Lipinski definition) is 1. The summed E-state index contributed by atoms with van der Waals surface area (Å²) in [5, 5.41) is 11.8. The highest BCUT2D eigenvalue weighted by atomic mass is 16.6. The predicted molar refractivity (Wildman–Crippen MR) is 114 cm³/mol. The van der Waals surface area contributed by atoms with E-state index in [1.54, 1.807) is 19.1 Å². The smallest absolute Gasteiger partial charge is 0.292 e. The molecule has 1 fully saturated rings. The summed E-state index contributed by atoms with van der Waals surface area (Å²) in [7, 11) is 1.83. The molecule has 7 heteroatoms. The Bertz CT molecular complexity index is 881. The van der Waals surface area contributed by atoms with Crippen LogP contribution < -0.4 is 10.6 Å². The van der Waals surface area contributed by atoms with E-state index in [0.717, 1.165) is 18.4 Å². The topological polar surface area (TPSA) is 92.7 Å². The van der Waals surface area contributed by atoms with Crippen LogP contribution >= 0.6 is 0 Å². The van der Waals surface area contributed by atoms with Gasteiger partial charge in [0.2, 0.25) is 5.91 Å². The van der Waals surface area contributed by atoms with E-state index >= 15 is 0 Å². The van der Waals surface area contributed by atoms with Crippen LogP contribution in [0.25, 0.3) is 0 Å². The lowest BCUT2D eigenvalue weighted by molar-refractivity contribution is -0.384. The lowest BCUT2D eigenvalue weighted by Gasteiger charge is -2.32. The van der Waals surface area contributed by atoms with Crippen LogP contribution in [-0.2, 0) is 16.8 Å². The number of carbonyl (C=O) groups excluding carboxylic acids is 1. The van der Waals surface area contributed by atoms with Crippen molar-refractivity contribution in [1.82, 2.24) is 4.90 Å². The lowest BCUT2D eigenvalue weighted by Crippen LogP contribution is -2.48. The number of nitrogens with zero attached hydrogens (tertiary/aromatic N) is 3. The van der Waals surface area contributed by atoms with Crippen LogP contribution in [0.4, 0.5) is 11.4 Å². The van der Waals surface area contributed by atoms with Crippen molar-refractivity contribution >= 4 is 17.3 Å². The summed E-state index contributed by atoms with van der Waals surface area (Å²) >= 11 is 0. The predicted octanol–water partition coefficient (Wildman–Crippen LogP) is 3.07. The average Bonchev–Trinajstić information content (AvgIpc) is 3.27. The number of nitrogens with two attached hydrogens (primary N) is 1. The van der Waals surface area contributed by atoms with E-state index in [2.05, 4.69) is 0 Å². The Hall–Kier alpha value is -2.93. The quantitative estimate of drug-likeness (QED) is 0.573. The summed E-state index contributed by atoms with van der Waals surface area (Å²) in [4.78, 5) is 28.2. The molecule has 154 valence electrons. The van der Waals surface area contributed by atoms with Crippen LogP contribution in [0.3, 0.4) is 0 Å². The first-order valence-electron chi connectivity index (χ1n) is 9.90. The molecule has 0 aliphatic carbocycles. The van der Waals surface area contributed by atoms with Gasteiger partial charge in [0.1, 0.15) is 5.69 Å². The summed E-state index contributed by atoms with van der Waals surface area (Å²) in [6, 6.07) is 14.8. The van der Waals surface area contributed by atoms with Crippen LogP contribution in [-0.4, -0.2) is 42.4 Å². The molecule has 0 aromatic heterocycles.